The Morgan fingerprint density at radius 1 is 1.06 bits per heavy atom. The van der Waals surface area contributed by atoms with E-state index in [2.05, 4.69) is 15.5 Å². The number of fused-ring (bicyclic) bond motifs is 1. The van der Waals surface area contributed by atoms with Crippen LogP contribution in [0.25, 0.3) is 11.0 Å². The summed E-state index contributed by atoms with van der Waals surface area (Å²) in [5, 5.41) is 6.23. The molecule has 180 valence electrons. The molecule has 1 aliphatic rings. The van der Waals surface area contributed by atoms with Crippen LogP contribution in [0, 0.1) is 5.92 Å². The topological polar surface area (TPSA) is 97.6 Å². The van der Waals surface area contributed by atoms with Gasteiger partial charge < -0.3 is 20.3 Å². The Balaban J connectivity index is 1.64. The first-order valence-electron chi connectivity index (χ1n) is 11.2. The molecule has 0 saturated carbocycles. The molecule has 0 spiro atoms. The number of esters is 1. The van der Waals surface area contributed by atoms with Gasteiger partial charge in [0.2, 0.25) is 0 Å². The van der Waals surface area contributed by atoms with Crippen molar-refractivity contribution in [2.24, 2.45) is 20.0 Å². The highest BCUT2D eigenvalue weighted by Crippen LogP contribution is 2.34. The molecular weight excluding hydrogens is 458 g/mol. The minimum absolute atomic E-state index is 0.136. The maximum atomic E-state index is 12.8. The minimum atomic E-state index is -0.426. The first kappa shape index (κ1) is 23.7. The van der Waals surface area contributed by atoms with Crippen LogP contribution < -0.4 is 21.2 Å². The molecule has 0 bridgehead atoms. The third kappa shape index (κ3) is 4.75. The van der Waals surface area contributed by atoms with Gasteiger partial charge in [-0.2, -0.15) is 0 Å². The highest BCUT2D eigenvalue weighted by Gasteiger charge is 2.28. The van der Waals surface area contributed by atoms with Gasteiger partial charge in [-0.3, -0.25) is 13.9 Å². The zero-order valence-electron chi connectivity index (χ0n) is 19.4. The largest absolute Gasteiger partial charge is 0.466 e. The average molecular weight is 486 g/mol. The van der Waals surface area contributed by atoms with Crippen LogP contribution in [-0.4, -0.2) is 40.8 Å². The molecule has 2 heterocycles. The van der Waals surface area contributed by atoms with Crippen LogP contribution in [0.15, 0.2) is 41.2 Å². The Hall–Kier alpha value is -3.46. The summed E-state index contributed by atoms with van der Waals surface area (Å²) in [6.45, 7) is 3.42. The number of benzene rings is 2. The Labute approximate surface area is 202 Å². The van der Waals surface area contributed by atoms with E-state index in [1.54, 1.807) is 60.5 Å². The summed E-state index contributed by atoms with van der Waals surface area (Å²) >= 11 is 6.02. The first-order chi connectivity index (χ1) is 16.3. The first-order valence-corrected chi connectivity index (χ1v) is 11.6. The van der Waals surface area contributed by atoms with Gasteiger partial charge in [0.15, 0.2) is 0 Å². The van der Waals surface area contributed by atoms with E-state index in [1.807, 2.05) is 6.07 Å². The summed E-state index contributed by atoms with van der Waals surface area (Å²) in [5.74, 6) is -0.300. The van der Waals surface area contributed by atoms with Crippen molar-refractivity contribution in [2.45, 2.75) is 19.8 Å². The lowest BCUT2D eigenvalue weighted by Gasteiger charge is -2.34. The SMILES string of the molecule is CCOC(=O)C1CCN(c2cc3c(cc2NC(=O)Nc2cccc(Cl)c2)n(C)c(=O)n3C)CC1. The molecule has 3 aromatic rings. The summed E-state index contributed by atoms with van der Waals surface area (Å²) < 4.78 is 8.31. The summed E-state index contributed by atoms with van der Waals surface area (Å²) in [4.78, 5) is 39.6. The second-order valence-electron chi connectivity index (χ2n) is 8.36. The van der Waals surface area contributed by atoms with Crippen molar-refractivity contribution in [1.29, 1.82) is 0 Å². The van der Waals surface area contributed by atoms with Crippen LogP contribution in [0.2, 0.25) is 5.02 Å². The fourth-order valence-electron chi connectivity index (χ4n) is 4.36. The Morgan fingerprint density at radius 3 is 2.38 bits per heavy atom. The third-order valence-electron chi connectivity index (χ3n) is 6.18. The lowest BCUT2D eigenvalue weighted by atomic mass is 9.96. The van der Waals surface area contributed by atoms with Gasteiger partial charge in [0.05, 0.1) is 34.9 Å². The molecule has 1 fully saturated rings. The van der Waals surface area contributed by atoms with Gasteiger partial charge in [-0.15, -0.1) is 0 Å². The van der Waals surface area contributed by atoms with Crippen LogP contribution in [-0.2, 0) is 23.6 Å². The number of carbonyl (C=O) groups excluding carboxylic acids is 2. The summed E-state index contributed by atoms with van der Waals surface area (Å²) in [5.41, 5.74) is 3.24. The van der Waals surface area contributed by atoms with Gasteiger partial charge in [-0.1, -0.05) is 17.7 Å². The summed E-state index contributed by atoms with van der Waals surface area (Å²) in [6, 6.07) is 10.2. The van der Waals surface area contributed by atoms with Crippen molar-refractivity contribution >= 4 is 51.7 Å². The van der Waals surface area contributed by atoms with Gasteiger partial charge in [-0.25, -0.2) is 9.59 Å². The van der Waals surface area contributed by atoms with E-state index in [0.717, 1.165) is 11.2 Å². The van der Waals surface area contributed by atoms with Crippen molar-refractivity contribution in [1.82, 2.24) is 9.13 Å². The number of aryl methyl sites for hydroxylation is 2. The van der Waals surface area contributed by atoms with E-state index in [1.165, 1.54) is 0 Å². The highest BCUT2D eigenvalue weighted by atomic mass is 35.5. The summed E-state index contributed by atoms with van der Waals surface area (Å²) in [6.07, 6.45) is 1.30. The molecule has 4 rings (SSSR count). The minimum Gasteiger partial charge on any atom is -0.466 e. The second kappa shape index (κ2) is 9.80. The molecular formula is C24H28ClN5O4. The molecule has 1 saturated heterocycles. The molecule has 1 aliphatic heterocycles. The fraction of sp³-hybridized carbons (Fsp3) is 0.375. The zero-order valence-corrected chi connectivity index (χ0v) is 20.2. The number of nitrogens with zero attached hydrogens (tertiary/aromatic N) is 3. The van der Waals surface area contributed by atoms with Gasteiger partial charge in [0, 0.05) is 37.9 Å². The Morgan fingerprint density at radius 2 is 1.74 bits per heavy atom. The second-order valence-corrected chi connectivity index (χ2v) is 8.80. The smallest absolute Gasteiger partial charge is 0.328 e. The normalized spacial score (nSPS) is 14.3. The maximum Gasteiger partial charge on any atom is 0.328 e. The van der Waals surface area contributed by atoms with Crippen LogP contribution in [0.3, 0.4) is 0 Å². The third-order valence-corrected chi connectivity index (χ3v) is 6.41. The number of ether oxygens (including phenoxy) is 1. The number of hydrogen-bond donors (Lipinski definition) is 2. The molecule has 2 amide bonds. The number of hydrogen-bond acceptors (Lipinski definition) is 5. The monoisotopic (exact) mass is 485 g/mol. The van der Waals surface area contributed by atoms with Crippen LogP contribution in [0.1, 0.15) is 19.8 Å². The van der Waals surface area contributed by atoms with Crippen LogP contribution in [0.5, 0.6) is 0 Å². The molecule has 34 heavy (non-hydrogen) atoms. The molecule has 2 N–H and O–H groups in total. The maximum absolute atomic E-state index is 12.8. The highest BCUT2D eigenvalue weighted by molar-refractivity contribution is 6.30. The van der Waals surface area contributed by atoms with E-state index < -0.39 is 6.03 Å². The molecule has 0 unspecified atom stereocenters. The molecule has 9 nitrogen and oxygen atoms in total. The number of piperidine rings is 1. The van der Waals surface area contributed by atoms with Crippen molar-refractivity contribution in [3.8, 4) is 0 Å². The van der Waals surface area contributed by atoms with Crippen molar-refractivity contribution in [2.75, 3.05) is 35.2 Å². The van der Waals surface area contributed by atoms with Crippen molar-refractivity contribution in [3.63, 3.8) is 0 Å². The predicted molar refractivity (Wildman–Crippen MR) is 134 cm³/mol. The molecule has 2 aromatic carbocycles. The van der Waals surface area contributed by atoms with Crippen LogP contribution >= 0.6 is 11.6 Å². The number of aromatic nitrogens is 2. The lowest BCUT2D eigenvalue weighted by molar-refractivity contribution is -0.148. The Kier molecular flexibility index (Phi) is 6.83. The van der Waals surface area contributed by atoms with Crippen LogP contribution in [0.4, 0.5) is 21.9 Å². The number of amides is 2. The van der Waals surface area contributed by atoms with Gasteiger partial charge >= 0.3 is 17.7 Å². The quantitative estimate of drug-likeness (QED) is 0.533. The molecule has 0 atom stereocenters. The number of carbonyl (C=O) groups is 2. The average Bonchev–Trinajstić information content (AvgIpc) is 3.02. The number of anilines is 3. The van der Waals surface area contributed by atoms with Gasteiger partial charge in [0.25, 0.3) is 0 Å². The molecule has 10 heteroatoms. The van der Waals surface area contributed by atoms with E-state index in [4.69, 9.17) is 16.3 Å². The summed E-state index contributed by atoms with van der Waals surface area (Å²) in [7, 11) is 3.42. The lowest BCUT2D eigenvalue weighted by Crippen LogP contribution is -2.37. The number of nitrogens with one attached hydrogen (secondary N) is 2. The molecule has 0 radical (unpaired) electrons. The molecule has 1 aromatic heterocycles. The zero-order chi connectivity index (χ0) is 24.4. The Bertz CT molecular complexity index is 1290. The number of halogens is 1. The predicted octanol–water partition coefficient (Wildman–Crippen LogP) is 3.95. The molecule has 0 aliphatic carbocycles. The fourth-order valence-corrected chi connectivity index (χ4v) is 4.55. The standard InChI is InChI=1S/C24H28ClN5O4/c1-4-34-22(31)15-8-10-30(11-9-15)19-14-21-20(28(2)24(33)29(21)3)13-18(19)27-23(32)26-17-7-5-6-16(25)12-17/h5-7,12-15H,4,8-11H2,1-3H3,(H2,26,27,32). The van der Waals surface area contributed by atoms with Crippen molar-refractivity contribution in [3.05, 3.63) is 51.9 Å². The number of urea groups is 1. The van der Waals surface area contributed by atoms with E-state index >= 15 is 0 Å². The van der Waals surface area contributed by atoms with E-state index in [9.17, 15) is 14.4 Å². The number of imidazole rings is 1. The van der Waals surface area contributed by atoms with Gasteiger partial charge in [0.1, 0.15) is 0 Å². The van der Waals surface area contributed by atoms with E-state index in [0.29, 0.717) is 54.5 Å². The van der Waals surface area contributed by atoms with E-state index in [-0.39, 0.29) is 17.6 Å². The van der Waals surface area contributed by atoms with Crippen molar-refractivity contribution < 1.29 is 14.3 Å². The van der Waals surface area contributed by atoms with Gasteiger partial charge in [-0.05, 0) is 50.1 Å². The number of rotatable bonds is 5.